The number of nitrogens with two attached hydrogens (primary N) is 1. The van der Waals surface area contributed by atoms with E-state index in [0.29, 0.717) is 30.4 Å². The van der Waals surface area contributed by atoms with Gasteiger partial charge >= 0.3 is 0 Å². The lowest BCUT2D eigenvalue weighted by Gasteiger charge is -2.22. The van der Waals surface area contributed by atoms with E-state index in [1.807, 2.05) is 17.0 Å². The Bertz CT molecular complexity index is 402. The van der Waals surface area contributed by atoms with Gasteiger partial charge in [0, 0.05) is 25.4 Å². The number of methoxy groups -OCH3 is 1. The van der Waals surface area contributed by atoms with Crippen LogP contribution in [0.2, 0.25) is 0 Å². The van der Waals surface area contributed by atoms with Gasteiger partial charge in [0.25, 0.3) is 5.91 Å². The summed E-state index contributed by atoms with van der Waals surface area (Å²) in [5.74, 6) is 0.0163. The van der Waals surface area contributed by atoms with E-state index in [0.717, 1.165) is 12.8 Å². The molecule has 1 amide bonds. The predicted molar refractivity (Wildman–Crippen MR) is 66.8 cm³/mol. The number of hydrogen-bond donors (Lipinski definition) is 1. The molecule has 1 aromatic rings. The third kappa shape index (κ3) is 2.77. The van der Waals surface area contributed by atoms with Crippen molar-refractivity contribution in [2.45, 2.75) is 18.9 Å². The van der Waals surface area contributed by atoms with E-state index in [2.05, 4.69) is 0 Å². The third-order valence-corrected chi connectivity index (χ3v) is 2.98. The van der Waals surface area contributed by atoms with Crippen LogP contribution in [0.1, 0.15) is 23.2 Å². The molecule has 0 heterocycles. The highest BCUT2D eigenvalue weighted by molar-refractivity contribution is 5.99. The van der Waals surface area contributed by atoms with Crippen LogP contribution in [0.5, 0.6) is 0 Å². The van der Waals surface area contributed by atoms with E-state index in [4.69, 9.17) is 10.5 Å². The number of nitrogens with zero attached hydrogens (tertiary/aromatic N) is 1. The van der Waals surface area contributed by atoms with Gasteiger partial charge in [0.05, 0.1) is 12.2 Å². The highest BCUT2D eigenvalue weighted by atomic mass is 16.5. The van der Waals surface area contributed by atoms with Crippen LogP contribution >= 0.6 is 0 Å². The number of ether oxygens (including phenoxy) is 1. The first kappa shape index (κ1) is 11.9. The second-order valence-corrected chi connectivity index (χ2v) is 4.31. The summed E-state index contributed by atoms with van der Waals surface area (Å²) in [7, 11) is 1.65. The van der Waals surface area contributed by atoms with Crippen molar-refractivity contribution in [3.05, 3.63) is 29.8 Å². The largest absolute Gasteiger partial charge is 0.398 e. The van der Waals surface area contributed by atoms with Crippen LogP contribution in [0.4, 0.5) is 5.69 Å². The molecule has 1 aliphatic rings. The smallest absolute Gasteiger partial charge is 0.256 e. The van der Waals surface area contributed by atoms with Gasteiger partial charge in [-0.15, -0.1) is 0 Å². The molecule has 1 aliphatic carbocycles. The minimum Gasteiger partial charge on any atom is -0.398 e. The van der Waals surface area contributed by atoms with Gasteiger partial charge in [-0.05, 0) is 25.0 Å². The normalized spacial score (nSPS) is 14.6. The maximum atomic E-state index is 12.3. The maximum absolute atomic E-state index is 12.3. The lowest BCUT2D eigenvalue weighted by molar-refractivity contribution is 0.0681. The standard InChI is InChI=1S/C13H18N2O2/c1-17-9-8-15(10-6-7-10)13(16)11-4-2-3-5-12(11)14/h2-5,10H,6-9,14H2,1H3. The molecule has 2 N–H and O–H groups in total. The number of para-hydroxylation sites is 1. The number of nitrogen functional groups attached to an aromatic ring is 1. The minimum atomic E-state index is 0.0163. The fourth-order valence-corrected chi connectivity index (χ4v) is 1.87. The zero-order valence-corrected chi connectivity index (χ0v) is 10.1. The number of hydrogen-bond acceptors (Lipinski definition) is 3. The number of amides is 1. The molecule has 17 heavy (non-hydrogen) atoms. The van der Waals surface area contributed by atoms with Crippen LogP contribution in [0, 0.1) is 0 Å². The molecule has 2 rings (SSSR count). The number of anilines is 1. The Balaban J connectivity index is 2.13. The molecular formula is C13H18N2O2. The lowest BCUT2D eigenvalue weighted by Crippen LogP contribution is -2.36. The van der Waals surface area contributed by atoms with E-state index < -0.39 is 0 Å². The van der Waals surface area contributed by atoms with Crippen molar-refractivity contribution in [2.24, 2.45) is 0 Å². The average molecular weight is 234 g/mol. The Hall–Kier alpha value is -1.55. The molecule has 0 spiro atoms. The third-order valence-electron chi connectivity index (χ3n) is 2.98. The molecule has 1 fully saturated rings. The number of carbonyl (C=O) groups excluding carboxylic acids is 1. The van der Waals surface area contributed by atoms with Crippen LogP contribution in [0.3, 0.4) is 0 Å². The molecule has 4 nitrogen and oxygen atoms in total. The zero-order valence-electron chi connectivity index (χ0n) is 10.1. The van der Waals surface area contributed by atoms with Gasteiger partial charge in [-0.25, -0.2) is 0 Å². The molecule has 0 atom stereocenters. The van der Waals surface area contributed by atoms with E-state index in [-0.39, 0.29) is 5.91 Å². The van der Waals surface area contributed by atoms with E-state index >= 15 is 0 Å². The van der Waals surface area contributed by atoms with Crippen molar-refractivity contribution in [3.63, 3.8) is 0 Å². The number of benzene rings is 1. The Labute approximate surface area is 101 Å². The summed E-state index contributed by atoms with van der Waals surface area (Å²) >= 11 is 0. The van der Waals surface area contributed by atoms with Gasteiger partial charge < -0.3 is 15.4 Å². The Morgan fingerprint density at radius 2 is 2.18 bits per heavy atom. The number of rotatable bonds is 5. The summed E-state index contributed by atoms with van der Waals surface area (Å²) in [5, 5.41) is 0. The van der Waals surface area contributed by atoms with Crippen molar-refractivity contribution in [2.75, 3.05) is 26.0 Å². The van der Waals surface area contributed by atoms with Gasteiger partial charge in [-0.3, -0.25) is 4.79 Å². The molecule has 0 saturated heterocycles. The van der Waals surface area contributed by atoms with Crippen molar-refractivity contribution in [1.82, 2.24) is 4.90 Å². The van der Waals surface area contributed by atoms with Gasteiger partial charge in [0.15, 0.2) is 0 Å². The molecule has 0 unspecified atom stereocenters. The molecule has 0 bridgehead atoms. The monoisotopic (exact) mass is 234 g/mol. The molecule has 4 heteroatoms. The van der Waals surface area contributed by atoms with Crippen molar-refractivity contribution in [1.29, 1.82) is 0 Å². The molecule has 0 radical (unpaired) electrons. The van der Waals surface area contributed by atoms with Gasteiger partial charge in [0.1, 0.15) is 0 Å². The maximum Gasteiger partial charge on any atom is 0.256 e. The summed E-state index contributed by atoms with van der Waals surface area (Å²) in [6, 6.07) is 7.58. The summed E-state index contributed by atoms with van der Waals surface area (Å²) in [6.07, 6.45) is 2.17. The Morgan fingerprint density at radius 3 is 2.76 bits per heavy atom. The first-order valence-electron chi connectivity index (χ1n) is 5.88. The number of carbonyl (C=O) groups is 1. The minimum absolute atomic E-state index is 0.0163. The zero-order chi connectivity index (χ0) is 12.3. The highest BCUT2D eigenvalue weighted by Crippen LogP contribution is 2.28. The molecule has 0 aromatic heterocycles. The SMILES string of the molecule is COCCN(C(=O)c1ccccc1N)C1CC1. The Morgan fingerprint density at radius 1 is 1.47 bits per heavy atom. The van der Waals surface area contributed by atoms with Crippen LogP contribution in [0.15, 0.2) is 24.3 Å². The first-order chi connectivity index (χ1) is 8.24. The summed E-state index contributed by atoms with van der Waals surface area (Å²) in [5.41, 5.74) is 6.96. The van der Waals surface area contributed by atoms with Crippen molar-refractivity contribution in [3.8, 4) is 0 Å². The molecule has 1 aromatic carbocycles. The molecule has 92 valence electrons. The van der Waals surface area contributed by atoms with Gasteiger partial charge in [-0.2, -0.15) is 0 Å². The summed E-state index contributed by atoms with van der Waals surface area (Å²) in [4.78, 5) is 14.2. The molecule has 0 aliphatic heterocycles. The quantitative estimate of drug-likeness (QED) is 0.786. The second-order valence-electron chi connectivity index (χ2n) is 4.31. The summed E-state index contributed by atoms with van der Waals surface area (Å²) < 4.78 is 5.04. The molecule has 1 saturated carbocycles. The Kier molecular flexibility index (Phi) is 3.64. The molecular weight excluding hydrogens is 216 g/mol. The average Bonchev–Trinajstić information content (AvgIpc) is 3.14. The summed E-state index contributed by atoms with van der Waals surface area (Å²) in [6.45, 7) is 1.20. The second kappa shape index (κ2) is 5.19. The predicted octanol–water partition coefficient (Wildman–Crippen LogP) is 1.52. The first-order valence-corrected chi connectivity index (χ1v) is 5.88. The van der Waals surface area contributed by atoms with Crippen molar-refractivity contribution >= 4 is 11.6 Å². The topological polar surface area (TPSA) is 55.6 Å². The van der Waals surface area contributed by atoms with E-state index in [1.54, 1.807) is 19.2 Å². The van der Waals surface area contributed by atoms with Gasteiger partial charge in [0.2, 0.25) is 0 Å². The van der Waals surface area contributed by atoms with Crippen LogP contribution in [-0.4, -0.2) is 37.1 Å². The highest BCUT2D eigenvalue weighted by Gasteiger charge is 2.33. The van der Waals surface area contributed by atoms with Crippen LogP contribution in [0.25, 0.3) is 0 Å². The van der Waals surface area contributed by atoms with E-state index in [1.165, 1.54) is 0 Å². The fourth-order valence-electron chi connectivity index (χ4n) is 1.87. The van der Waals surface area contributed by atoms with Crippen molar-refractivity contribution < 1.29 is 9.53 Å². The van der Waals surface area contributed by atoms with Gasteiger partial charge in [-0.1, -0.05) is 12.1 Å². The van der Waals surface area contributed by atoms with Crippen LogP contribution in [-0.2, 0) is 4.74 Å². The van der Waals surface area contributed by atoms with Crippen LogP contribution < -0.4 is 5.73 Å². The van der Waals surface area contributed by atoms with E-state index in [9.17, 15) is 4.79 Å². The lowest BCUT2D eigenvalue weighted by atomic mass is 10.1. The fraction of sp³-hybridized carbons (Fsp3) is 0.462.